The van der Waals surface area contributed by atoms with Crippen molar-refractivity contribution in [3.05, 3.63) is 54.2 Å². The minimum absolute atomic E-state index is 0.0244. The minimum atomic E-state index is -0.431. The van der Waals surface area contributed by atoms with Gasteiger partial charge in [0.2, 0.25) is 0 Å². The van der Waals surface area contributed by atoms with Crippen LogP contribution in [0, 0.1) is 5.82 Å². The highest BCUT2D eigenvalue weighted by Gasteiger charge is 2.34. The Bertz CT molecular complexity index is 801. The largest absolute Gasteiger partial charge is 0.391 e. The Morgan fingerprint density at radius 2 is 2.00 bits per heavy atom. The first-order chi connectivity index (χ1) is 10.7. The molecule has 1 aliphatic rings. The average Bonchev–Trinajstić information content (AvgIpc) is 3.14. The van der Waals surface area contributed by atoms with Crippen LogP contribution in [0.4, 0.5) is 10.2 Å². The zero-order valence-electron chi connectivity index (χ0n) is 11.8. The molecule has 0 radical (unpaired) electrons. The monoisotopic (exact) mass is 298 g/mol. The summed E-state index contributed by atoms with van der Waals surface area (Å²) in [5.41, 5.74) is 1.74. The molecule has 0 unspecified atom stereocenters. The highest BCUT2D eigenvalue weighted by molar-refractivity contribution is 5.87. The highest BCUT2D eigenvalue weighted by atomic mass is 19.1. The van der Waals surface area contributed by atoms with E-state index in [1.807, 2.05) is 12.3 Å². The predicted octanol–water partition coefficient (Wildman–Crippen LogP) is 2.41. The third-order valence-electron chi connectivity index (χ3n) is 4.14. The predicted molar refractivity (Wildman–Crippen MR) is 81.0 cm³/mol. The summed E-state index contributed by atoms with van der Waals surface area (Å²) in [6.07, 6.45) is 3.50. The first-order valence-electron chi connectivity index (χ1n) is 7.20. The summed E-state index contributed by atoms with van der Waals surface area (Å²) in [5.74, 6) is 0.529. The SMILES string of the molecule is O[C@@H]1C[C@H](c2ccc(F)cc2)N(c2ncnc3[nH]ccc23)C1. The van der Waals surface area contributed by atoms with Gasteiger partial charge in [0.15, 0.2) is 0 Å². The van der Waals surface area contributed by atoms with Gasteiger partial charge in [0.25, 0.3) is 0 Å². The molecular weight excluding hydrogens is 283 g/mol. The molecule has 0 aliphatic carbocycles. The van der Waals surface area contributed by atoms with Crippen molar-refractivity contribution in [2.45, 2.75) is 18.6 Å². The molecule has 22 heavy (non-hydrogen) atoms. The van der Waals surface area contributed by atoms with Gasteiger partial charge in [-0.1, -0.05) is 12.1 Å². The van der Waals surface area contributed by atoms with Crippen LogP contribution in [0.3, 0.4) is 0 Å². The normalized spacial score (nSPS) is 21.6. The van der Waals surface area contributed by atoms with Gasteiger partial charge in [-0.2, -0.15) is 0 Å². The van der Waals surface area contributed by atoms with Crippen LogP contribution in [0.5, 0.6) is 0 Å². The smallest absolute Gasteiger partial charge is 0.142 e. The van der Waals surface area contributed by atoms with E-state index in [1.54, 1.807) is 12.1 Å². The molecule has 1 saturated heterocycles. The number of halogens is 1. The van der Waals surface area contributed by atoms with Gasteiger partial charge in [-0.3, -0.25) is 0 Å². The number of nitrogens with one attached hydrogen (secondary N) is 1. The second-order valence-corrected chi connectivity index (χ2v) is 5.55. The van der Waals surface area contributed by atoms with E-state index in [-0.39, 0.29) is 11.9 Å². The number of aromatic amines is 1. The topological polar surface area (TPSA) is 65.0 Å². The van der Waals surface area contributed by atoms with Gasteiger partial charge in [0.1, 0.15) is 23.6 Å². The highest BCUT2D eigenvalue weighted by Crippen LogP contribution is 2.37. The molecule has 2 N–H and O–H groups in total. The van der Waals surface area contributed by atoms with E-state index in [1.165, 1.54) is 18.5 Å². The third-order valence-corrected chi connectivity index (χ3v) is 4.14. The van der Waals surface area contributed by atoms with Crippen molar-refractivity contribution in [3.8, 4) is 0 Å². The lowest BCUT2D eigenvalue weighted by Crippen LogP contribution is -2.25. The van der Waals surface area contributed by atoms with E-state index >= 15 is 0 Å². The molecule has 6 heteroatoms. The van der Waals surface area contributed by atoms with Gasteiger partial charge in [-0.15, -0.1) is 0 Å². The summed E-state index contributed by atoms with van der Waals surface area (Å²) in [6.45, 7) is 0.499. The Kier molecular flexibility index (Phi) is 3.04. The number of aromatic nitrogens is 3. The molecule has 4 rings (SSSR count). The van der Waals surface area contributed by atoms with Crippen LogP contribution < -0.4 is 4.90 Å². The number of benzene rings is 1. The molecule has 0 spiro atoms. The number of nitrogens with zero attached hydrogens (tertiary/aromatic N) is 3. The summed E-state index contributed by atoms with van der Waals surface area (Å²) in [5, 5.41) is 11.0. The summed E-state index contributed by atoms with van der Waals surface area (Å²) < 4.78 is 13.1. The van der Waals surface area contributed by atoms with Gasteiger partial charge in [0, 0.05) is 12.7 Å². The maximum Gasteiger partial charge on any atom is 0.142 e. The maximum atomic E-state index is 13.1. The number of hydrogen-bond acceptors (Lipinski definition) is 4. The zero-order chi connectivity index (χ0) is 15.1. The van der Waals surface area contributed by atoms with Gasteiger partial charge < -0.3 is 15.0 Å². The summed E-state index contributed by atoms with van der Waals surface area (Å²) in [6, 6.07) is 8.33. The lowest BCUT2D eigenvalue weighted by molar-refractivity contribution is 0.194. The second-order valence-electron chi connectivity index (χ2n) is 5.55. The van der Waals surface area contributed by atoms with Crippen LogP contribution in [0.15, 0.2) is 42.9 Å². The molecule has 1 aliphatic heterocycles. The molecule has 2 atom stereocenters. The van der Waals surface area contributed by atoms with Crippen LogP contribution in [0.2, 0.25) is 0 Å². The van der Waals surface area contributed by atoms with Crippen molar-refractivity contribution < 1.29 is 9.50 Å². The lowest BCUT2D eigenvalue weighted by atomic mass is 10.0. The Hall–Kier alpha value is -2.47. The van der Waals surface area contributed by atoms with Crippen molar-refractivity contribution in [2.75, 3.05) is 11.4 Å². The van der Waals surface area contributed by atoms with E-state index < -0.39 is 6.10 Å². The van der Waals surface area contributed by atoms with Crippen LogP contribution in [-0.4, -0.2) is 32.7 Å². The molecule has 1 fully saturated rings. The molecule has 3 aromatic rings. The number of rotatable bonds is 2. The number of H-pyrrole nitrogens is 1. The van der Waals surface area contributed by atoms with Crippen molar-refractivity contribution in [2.24, 2.45) is 0 Å². The molecule has 5 nitrogen and oxygen atoms in total. The molecule has 0 saturated carbocycles. The molecule has 1 aromatic carbocycles. The lowest BCUT2D eigenvalue weighted by Gasteiger charge is -2.26. The first-order valence-corrected chi connectivity index (χ1v) is 7.20. The van der Waals surface area contributed by atoms with E-state index in [9.17, 15) is 9.50 Å². The quantitative estimate of drug-likeness (QED) is 0.762. The van der Waals surface area contributed by atoms with Gasteiger partial charge in [-0.25, -0.2) is 14.4 Å². The number of aliphatic hydroxyl groups excluding tert-OH is 1. The van der Waals surface area contributed by atoms with Crippen LogP contribution >= 0.6 is 0 Å². The van der Waals surface area contributed by atoms with E-state index in [0.717, 1.165) is 22.4 Å². The van der Waals surface area contributed by atoms with E-state index in [2.05, 4.69) is 19.9 Å². The number of anilines is 1. The molecule has 112 valence electrons. The molecule has 0 amide bonds. The summed E-state index contributed by atoms with van der Waals surface area (Å²) in [7, 11) is 0. The van der Waals surface area contributed by atoms with Crippen LogP contribution in [0.1, 0.15) is 18.0 Å². The van der Waals surface area contributed by atoms with E-state index in [4.69, 9.17) is 0 Å². The fourth-order valence-electron chi connectivity index (χ4n) is 3.14. The summed E-state index contributed by atoms with van der Waals surface area (Å²) in [4.78, 5) is 13.7. The summed E-state index contributed by atoms with van der Waals surface area (Å²) >= 11 is 0. The van der Waals surface area contributed by atoms with Gasteiger partial charge in [-0.05, 0) is 30.2 Å². The zero-order valence-corrected chi connectivity index (χ0v) is 11.8. The fraction of sp³-hybridized carbons (Fsp3) is 0.250. The Morgan fingerprint density at radius 3 is 2.82 bits per heavy atom. The minimum Gasteiger partial charge on any atom is -0.391 e. The number of β-amino-alcohol motifs (C(OH)–C–C–N with tert-alkyl or cyclic N) is 1. The number of hydrogen-bond donors (Lipinski definition) is 2. The fourth-order valence-corrected chi connectivity index (χ4v) is 3.14. The Morgan fingerprint density at radius 1 is 1.18 bits per heavy atom. The molecule has 0 bridgehead atoms. The van der Waals surface area contributed by atoms with Gasteiger partial charge in [0.05, 0.1) is 17.5 Å². The molecule has 2 aromatic heterocycles. The Labute approximate surface area is 126 Å². The average molecular weight is 298 g/mol. The number of fused-ring (bicyclic) bond motifs is 1. The van der Waals surface area contributed by atoms with Crippen LogP contribution in [0.25, 0.3) is 11.0 Å². The number of aliphatic hydroxyl groups is 1. The first kappa shape index (κ1) is 13.2. The standard InChI is InChI=1S/C16H15FN4O/c17-11-3-1-10(2-4-11)14-7-12(22)8-21(14)16-13-5-6-18-15(13)19-9-20-16/h1-6,9,12,14,22H,7-8H2,(H,18,19,20)/t12-,14-/m1/s1. The van der Waals surface area contributed by atoms with Crippen molar-refractivity contribution in [1.29, 1.82) is 0 Å². The third kappa shape index (κ3) is 2.12. The van der Waals surface area contributed by atoms with Crippen LogP contribution in [-0.2, 0) is 0 Å². The van der Waals surface area contributed by atoms with Crippen molar-refractivity contribution in [3.63, 3.8) is 0 Å². The van der Waals surface area contributed by atoms with Crippen molar-refractivity contribution >= 4 is 16.9 Å². The van der Waals surface area contributed by atoms with Gasteiger partial charge >= 0.3 is 0 Å². The maximum absolute atomic E-state index is 13.1. The molecular formula is C16H15FN4O. The molecule has 3 heterocycles. The van der Waals surface area contributed by atoms with E-state index in [0.29, 0.717) is 13.0 Å². The van der Waals surface area contributed by atoms with Crippen molar-refractivity contribution in [1.82, 2.24) is 15.0 Å². The Balaban J connectivity index is 1.78. The second kappa shape index (κ2) is 5.06.